The summed E-state index contributed by atoms with van der Waals surface area (Å²) in [7, 11) is 0. The highest BCUT2D eigenvalue weighted by Crippen LogP contribution is 2.45. The molecule has 8 heteroatoms. The van der Waals surface area contributed by atoms with Gasteiger partial charge in [-0.05, 0) is 24.3 Å². The average Bonchev–Trinajstić information content (AvgIpc) is 2.68. The Balaban J connectivity index is 1.73. The minimum absolute atomic E-state index is 0.0707. The van der Waals surface area contributed by atoms with Gasteiger partial charge in [-0.15, -0.1) is 0 Å². The van der Waals surface area contributed by atoms with E-state index in [1.165, 1.54) is 34.9 Å². The number of anilines is 1. The van der Waals surface area contributed by atoms with E-state index in [4.69, 9.17) is 11.6 Å². The van der Waals surface area contributed by atoms with Crippen LogP contribution in [0.4, 0.5) is 14.5 Å². The fourth-order valence-electron chi connectivity index (χ4n) is 3.51. The lowest BCUT2D eigenvalue weighted by Crippen LogP contribution is -2.47. The molecule has 1 saturated heterocycles. The van der Waals surface area contributed by atoms with Gasteiger partial charge in [0.1, 0.15) is 11.6 Å². The van der Waals surface area contributed by atoms with Crippen molar-refractivity contribution in [3.63, 3.8) is 0 Å². The Bertz CT molecular complexity index is 1020. The highest BCUT2D eigenvalue weighted by atomic mass is 35.5. The molecular formula is C20H14ClF2N3OS. The van der Waals surface area contributed by atoms with Crippen LogP contribution in [-0.2, 0) is 4.79 Å². The molecule has 0 bridgehead atoms. The van der Waals surface area contributed by atoms with E-state index in [1.807, 2.05) is 0 Å². The minimum atomic E-state index is -0.732. The number of hydrogen-bond acceptors (Lipinski definition) is 4. The van der Waals surface area contributed by atoms with Gasteiger partial charge in [0.15, 0.2) is 0 Å². The molecule has 142 valence electrons. The first-order chi connectivity index (χ1) is 13.5. The number of amides is 1. The van der Waals surface area contributed by atoms with E-state index in [1.54, 1.807) is 29.2 Å². The van der Waals surface area contributed by atoms with Crippen LogP contribution in [0.25, 0.3) is 0 Å². The predicted octanol–water partition coefficient (Wildman–Crippen LogP) is 4.84. The number of hydrogen-bond donors (Lipinski definition) is 0. The van der Waals surface area contributed by atoms with Crippen LogP contribution in [0.15, 0.2) is 53.1 Å². The van der Waals surface area contributed by atoms with E-state index in [2.05, 4.69) is 6.07 Å². The zero-order valence-corrected chi connectivity index (χ0v) is 16.1. The quantitative estimate of drug-likeness (QED) is 0.701. The number of thioether (sulfide) groups is 1. The normalized spacial score (nSPS) is 19.5. The summed E-state index contributed by atoms with van der Waals surface area (Å²) >= 11 is 7.44. The highest BCUT2D eigenvalue weighted by Gasteiger charge is 2.40. The molecule has 2 aromatic carbocycles. The third kappa shape index (κ3) is 3.13. The molecule has 4 nitrogen and oxygen atoms in total. The van der Waals surface area contributed by atoms with Gasteiger partial charge < -0.3 is 4.90 Å². The first kappa shape index (κ1) is 18.8. The number of nitrogens with zero attached hydrogens (tertiary/aromatic N) is 3. The molecule has 0 saturated carbocycles. The van der Waals surface area contributed by atoms with Gasteiger partial charge in [-0.2, -0.15) is 5.26 Å². The zero-order chi connectivity index (χ0) is 19.8. The summed E-state index contributed by atoms with van der Waals surface area (Å²) in [5, 5.41) is 10.4. The van der Waals surface area contributed by atoms with Crippen molar-refractivity contribution in [3.05, 3.63) is 75.3 Å². The summed E-state index contributed by atoms with van der Waals surface area (Å²) in [5.74, 6) is -1.54. The number of rotatable bonds is 2. The van der Waals surface area contributed by atoms with Crippen LogP contribution in [0.5, 0.6) is 0 Å². The second kappa shape index (κ2) is 7.46. The minimum Gasteiger partial charge on any atom is -0.341 e. The number of carbonyl (C=O) groups excluding carboxylic acids is 1. The number of halogens is 3. The highest BCUT2D eigenvalue weighted by molar-refractivity contribution is 8.03. The smallest absolute Gasteiger partial charge is 0.229 e. The Morgan fingerprint density at radius 2 is 1.89 bits per heavy atom. The Kier molecular flexibility index (Phi) is 5.00. The molecule has 2 aromatic rings. The van der Waals surface area contributed by atoms with E-state index < -0.39 is 11.7 Å². The molecule has 1 fully saturated rings. The molecule has 0 radical (unpaired) electrons. The molecule has 2 heterocycles. The average molecular weight is 418 g/mol. The standard InChI is InChI=1S/C20H14ClF2N3OS/c21-14-4-3-6-16(23)19(14)12-8-18(27)26-10-25(11-28-20(26)13(12)9-24)17-7-2-1-5-15(17)22/h1-7,12H,8,10-11H2/t12-/m0/s1. The van der Waals surface area contributed by atoms with Crippen LogP contribution in [-0.4, -0.2) is 23.4 Å². The van der Waals surface area contributed by atoms with Crippen LogP contribution >= 0.6 is 23.4 Å². The van der Waals surface area contributed by atoms with E-state index >= 15 is 0 Å². The summed E-state index contributed by atoms with van der Waals surface area (Å²) < 4.78 is 28.6. The van der Waals surface area contributed by atoms with Crippen molar-refractivity contribution in [2.24, 2.45) is 0 Å². The molecule has 0 unspecified atom stereocenters. The van der Waals surface area contributed by atoms with Crippen LogP contribution < -0.4 is 4.90 Å². The lowest BCUT2D eigenvalue weighted by atomic mass is 9.86. The maximum absolute atomic E-state index is 14.4. The molecule has 2 aliphatic heterocycles. The number of nitriles is 1. The first-order valence-corrected chi connectivity index (χ1v) is 9.88. The van der Waals surface area contributed by atoms with Crippen molar-refractivity contribution in [1.82, 2.24) is 4.90 Å². The van der Waals surface area contributed by atoms with Crippen molar-refractivity contribution in [3.8, 4) is 6.07 Å². The summed E-state index contributed by atoms with van der Waals surface area (Å²) in [6.45, 7) is 0.130. The number of benzene rings is 2. The Hall–Kier alpha value is -2.56. The summed E-state index contributed by atoms with van der Waals surface area (Å²) in [6.07, 6.45) is -0.0707. The second-order valence-electron chi connectivity index (χ2n) is 6.45. The third-order valence-corrected chi connectivity index (χ3v) is 6.32. The largest absolute Gasteiger partial charge is 0.341 e. The molecular weight excluding hydrogens is 404 g/mol. The molecule has 0 aromatic heterocycles. The van der Waals surface area contributed by atoms with E-state index in [0.29, 0.717) is 22.2 Å². The van der Waals surface area contributed by atoms with E-state index in [-0.39, 0.29) is 35.4 Å². The van der Waals surface area contributed by atoms with Gasteiger partial charge in [-0.1, -0.05) is 41.6 Å². The Morgan fingerprint density at radius 1 is 1.14 bits per heavy atom. The van der Waals surface area contributed by atoms with Gasteiger partial charge in [0.25, 0.3) is 0 Å². The van der Waals surface area contributed by atoms with Gasteiger partial charge in [0.2, 0.25) is 5.91 Å². The van der Waals surface area contributed by atoms with Gasteiger partial charge in [0.05, 0.1) is 34.9 Å². The summed E-state index contributed by atoms with van der Waals surface area (Å²) in [5.41, 5.74) is 0.864. The first-order valence-electron chi connectivity index (χ1n) is 8.52. The molecule has 1 amide bonds. The monoisotopic (exact) mass is 417 g/mol. The van der Waals surface area contributed by atoms with Crippen LogP contribution in [0.2, 0.25) is 5.02 Å². The molecule has 28 heavy (non-hydrogen) atoms. The van der Waals surface area contributed by atoms with Gasteiger partial charge in [0, 0.05) is 22.9 Å². The molecule has 0 spiro atoms. The molecule has 0 N–H and O–H groups in total. The molecule has 0 aliphatic carbocycles. The van der Waals surface area contributed by atoms with Crippen molar-refractivity contribution >= 4 is 35.0 Å². The third-order valence-electron chi connectivity index (χ3n) is 4.83. The van der Waals surface area contributed by atoms with Gasteiger partial charge >= 0.3 is 0 Å². The molecule has 1 atom stereocenters. The predicted molar refractivity (Wildman–Crippen MR) is 104 cm³/mol. The number of para-hydroxylation sites is 1. The Labute approximate surface area is 170 Å². The van der Waals surface area contributed by atoms with Crippen molar-refractivity contribution in [2.75, 3.05) is 17.4 Å². The number of carbonyl (C=O) groups is 1. The maximum atomic E-state index is 14.4. The summed E-state index contributed by atoms with van der Waals surface area (Å²) in [4.78, 5) is 16.0. The summed E-state index contributed by atoms with van der Waals surface area (Å²) in [6, 6.07) is 12.8. The number of fused-ring (bicyclic) bond motifs is 1. The molecule has 4 rings (SSSR count). The lowest BCUT2D eigenvalue weighted by molar-refractivity contribution is -0.129. The topological polar surface area (TPSA) is 47.3 Å². The van der Waals surface area contributed by atoms with E-state index in [9.17, 15) is 18.8 Å². The van der Waals surface area contributed by atoms with Crippen LogP contribution in [0.1, 0.15) is 17.9 Å². The fraction of sp³-hybridized carbons (Fsp3) is 0.200. The van der Waals surface area contributed by atoms with Crippen molar-refractivity contribution < 1.29 is 13.6 Å². The molecule has 2 aliphatic rings. The van der Waals surface area contributed by atoms with E-state index in [0.717, 1.165) is 0 Å². The zero-order valence-electron chi connectivity index (χ0n) is 14.5. The van der Waals surface area contributed by atoms with Gasteiger partial charge in [-0.25, -0.2) is 8.78 Å². The fourth-order valence-corrected chi connectivity index (χ4v) is 4.97. The van der Waals surface area contributed by atoms with Crippen LogP contribution in [0.3, 0.4) is 0 Å². The van der Waals surface area contributed by atoms with Crippen molar-refractivity contribution in [1.29, 1.82) is 5.26 Å². The maximum Gasteiger partial charge on any atom is 0.229 e. The van der Waals surface area contributed by atoms with Gasteiger partial charge in [-0.3, -0.25) is 9.69 Å². The van der Waals surface area contributed by atoms with Crippen LogP contribution in [0, 0.1) is 23.0 Å². The SMILES string of the molecule is N#CC1=C2SCN(c3ccccc3F)CN2C(=O)C[C@@H]1c1c(F)cccc1Cl. The Morgan fingerprint density at radius 3 is 2.61 bits per heavy atom. The number of allylic oxidation sites excluding steroid dienone is 1. The lowest BCUT2D eigenvalue weighted by Gasteiger charge is -2.42. The van der Waals surface area contributed by atoms with Crippen molar-refractivity contribution in [2.45, 2.75) is 12.3 Å². The second-order valence-corrected chi connectivity index (χ2v) is 7.79.